The summed E-state index contributed by atoms with van der Waals surface area (Å²) in [6, 6.07) is 5.21. The minimum absolute atomic E-state index is 0.130. The summed E-state index contributed by atoms with van der Waals surface area (Å²) in [5.41, 5.74) is 2.15. The summed E-state index contributed by atoms with van der Waals surface area (Å²) in [5, 5.41) is 43.6. The smallest absolute Gasteiger partial charge is 0.344 e. The molecule has 4 rings (SSSR count). The highest BCUT2D eigenvalue weighted by molar-refractivity contribution is 6.03. The number of carboxylic acid groups (broad SMARTS) is 1. The number of nitrogens with zero attached hydrogens (tertiary/aromatic N) is 1. The van der Waals surface area contributed by atoms with Gasteiger partial charge < -0.3 is 25.3 Å². The number of phenolic OH excluding ortho intramolecular Hbond substituents is 1. The Hall–Kier alpha value is -2.12. The average molecular weight is 375 g/mol. The van der Waals surface area contributed by atoms with Gasteiger partial charge in [-0.3, -0.25) is 0 Å². The Morgan fingerprint density at radius 1 is 1.37 bits per heavy atom. The van der Waals surface area contributed by atoms with Crippen LogP contribution in [0.2, 0.25) is 0 Å². The van der Waals surface area contributed by atoms with Crippen LogP contribution in [0.3, 0.4) is 0 Å². The first kappa shape index (κ1) is 18.3. The number of fused-ring (bicyclic) bond motifs is 5. The van der Waals surface area contributed by atoms with Crippen molar-refractivity contribution in [2.75, 3.05) is 6.61 Å². The zero-order valence-corrected chi connectivity index (χ0v) is 15.2. The quantitative estimate of drug-likeness (QED) is 0.599. The van der Waals surface area contributed by atoms with E-state index in [1.54, 1.807) is 12.1 Å². The van der Waals surface area contributed by atoms with Crippen molar-refractivity contribution in [1.82, 2.24) is 0 Å². The van der Waals surface area contributed by atoms with Gasteiger partial charge in [0.2, 0.25) is 6.61 Å². The number of hydrogen-bond acceptors (Lipinski definition) is 6. The number of hydrogen-bond donors (Lipinski definition) is 4. The molecule has 2 saturated carbocycles. The van der Waals surface area contributed by atoms with Crippen molar-refractivity contribution in [3.05, 3.63) is 29.3 Å². The first-order chi connectivity index (χ1) is 12.8. The molecule has 0 radical (unpaired) electrons. The summed E-state index contributed by atoms with van der Waals surface area (Å²) in [6.07, 6.45) is 1.40. The lowest BCUT2D eigenvalue weighted by Gasteiger charge is -2.49. The summed E-state index contributed by atoms with van der Waals surface area (Å²) < 4.78 is 0. The lowest BCUT2D eigenvalue weighted by atomic mass is 9.55. The number of carbonyl (C=O) groups is 1. The van der Waals surface area contributed by atoms with Crippen molar-refractivity contribution in [3.63, 3.8) is 0 Å². The molecular formula is C20H25NO6. The van der Waals surface area contributed by atoms with Gasteiger partial charge in [-0.1, -0.05) is 18.1 Å². The topological polar surface area (TPSA) is 120 Å². The fourth-order valence-corrected chi connectivity index (χ4v) is 5.65. The van der Waals surface area contributed by atoms with Gasteiger partial charge in [0.25, 0.3) is 0 Å². The van der Waals surface area contributed by atoms with Gasteiger partial charge in [-0.15, -0.1) is 0 Å². The summed E-state index contributed by atoms with van der Waals surface area (Å²) in [7, 11) is 0. The predicted molar refractivity (Wildman–Crippen MR) is 96.5 cm³/mol. The molecular weight excluding hydrogens is 350 g/mol. The van der Waals surface area contributed by atoms with Crippen LogP contribution in [0.4, 0.5) is 0 Å². The van der Waals surface area contributed by atoms with Gasteiger partial charge in [-0.05, 0) is 66.5 Å². The van der Waals surface area contributed by atoms with Crippen LogP contribution >= 0.6 is 0 Å². The molecule has 1 aromatic rings. The number of aliphatic hydroxyl groups is 2. The van der Waals surface area contributed by atoms with Gasteiger partial charge in [0.05, 0.1) is 17.9 Å². The number of aromatic hydroxyl groups is 1. The molecule has 146 valence electrons. The van der Waals surface area contributed by atoms with Crippen molar-refractivity contribution >= 4 is 11.7 Å². The molecule has 27 heavy (non-hydrogen) atoms. The molecule has 6 atom stereocenters. The minimum Gasteiger partial charge on any atom is -0.508 e. The second kappa shape index (κ2) is 6.49. The zero-order valence-electron chi connectivity index (χ0n) is 15.2. The third-order valence-electron chi connectivity index (χ3n) is 6.95. The Bertz CT molecular complexity index is 793. The molecule has 7 nitrogen and oxygen atoms in total. The zero-order chi connectivity index (χ0) is 19.3. The van der Waals surface area contributed by atoms with E-state index in [0.29, 0.717) is 18.6 Å². The number of aliphatic carboxylic acids is 1. The lowest BCUT2D eigenvalue weighted by Crippen LogP contribution is -2.45. The van der Waals surface area contributed by atoms with Crippen LogP contribution in [0, 0.1) is 17.3 Å². The molecule has 0 heterocycles. The third kappa shape index (κ3) is 2.89. The lowest BCUT2D eigenvalue weighted by molar-refractivity contribution is -0.142. The summed E-state index contributed by atoms with van der Waals surface area (Å²) in [6.45, 7) is 1.53. The summed E-state index contributed by atoms with van der Waals surface area (Å²) >= 11 is 0. The SMILES string of the molecule is C[C@]12CC[C@@H]3c4ccc(O)cc4/C(=N\OCC(=O)O)C[C@@H]3[C@@H]1C[C@@H](O)[C@H]2O. The first-order valence-electron chi connectivity index (χ1n) is 9.41. The Balaban J connectivity index is 1.73. The van der Waals surface area contributed by atoms with E-state index in [2.05, 4.69) is 12.1 Å². The second-order valence-corrected chi connectivity index (χ2v) is 8.35. The van der Waals surface area contributed by atoms with E-state index >= 15 is 0 Å². The van der Waals surface area contributed by atoms with Crippen LogP contribution in [0.5, 0.6) is 5.75 Å². The molecule has 0 aromatic heterocycles. The molecule has 0 amide bonds. The van der Waals surface area contributed by atoms with Gasteiger partial charge >= 0.3 is 5.97 Å². The van der Waals surface area contributed by atoms with Crippen molar-refractivity contribution in [3.8, 4) is 5.75 Å². The number of carboxylic acids is 1. The van der Waals surface area contributed by atoms with Crippen molar-refractivity contribution in [2.24, 2.45) is 22.4 Å². The normalized spacial score (nSPS) is 38.8. The molecule has 0 bridgehead atoms. The Morgan fingerprint density at radius 2 is 2.15 bits per heavy atom. The van der Waals surface area contributed by atoms with Crippen LogP contribution in [-0.2, 0) is 9.63 Å². The van der Waals surface area contributed by atoms with Crippen LogP contribution in [0.1, 0.15) is 49.7 Å². The molecule has 2 fully saturated rings. The van der Waals surface area contributed by atoms with Crippen LogP contribution in [0.15, 0.2) is 23.4 Å². The fourth-order valence-electron chi connectivity index (χ4n) is 5.65. The molecule has 7 heteroatoms. The monoisotopic (exact) mass is 375 g/mol. The van der Waals surface area contributed by atoms with E-state index in [1.807, 2.05) is 6.07 Å². The van der Waals surface area contributed by atoms with Gasteiger partial charge in [0.1, 0.15) is 5.75 Å². The van der Waals surface area contributed by atoms with Gasteiger partial charge in [-0.25, -0.2) is 4.79 Å². The molecule has 0 unspecified atom stereocenters. The number of rotatable bonds is 3. The Labute approximate surface area is 157 Å². The molecule has 0 spiro atoms. The van der Waals surface area contributed by atoms with Crippen LogP contribution < -0.4 is 0 Å². The Kier molecular flexibility index (Phi) is 4.39. The van der Waals surface area contributed by atoms with Gasteiger partial charge in [-0.2, -0.15) is 0 Å². The molecule has 3 aliphatic rings. The predicted octanol–water partition coefficient (Wildman–Crippen LogP) is 1.84. The van der Waals surface area contributed by atoms with E-state index in [9.17, 15) is 20.1 Å². The Morgan fingerprint density at radius 3 is 2.89 bits per heavy atom. The fraction of sp³-hybridized carbons (Fsp3) is 0.600. The van der Waals surface area contributed by atoms with Gasteiger partial charge in [0.15, 0.2) is 0 Å². The van der Waals surface area contributed by atoms with Crippen molar-refractivity contribution < 1.29 is 30.1 Å². The largest absolute Gasteiger partial charge is 0.508 e. The standard InChI is InChI=1S/C20H25NO6/c1-20-5-4-12-11-3-2-10(22)6-14(11)16(21-27-9-18(24)25)7-13(12)15(20)8-17(23)19(20)26/h2-3,6,12-13,15,17,19,22-23,26H,4-5,7-9H2,1H3,(H,24,25)/b21-16-/t12-,13+,15+,17-,19-,20+/m1/s1. The van der Waals surface area contributed by atoms with E-state index < -0.39 is 24.8 Å². The maximum Gasteiger partial charge on any atom is 0.344 e. The number of phenols is 1. The highest BCUT2D eigenvalue weighted by atomic mass is 16.6. The number of aliphatic hydroxyl groups excluding tert-OH is 2. The molecule has 4 N–H and O–H groups in total. The van der Waals surface area contributed by atoms with Crippen LogP contribution in [0.25, 0.3) is 0 Å². The first-order valence-corrected chi connectivity index (χ1v) is 9.41. The summed E-state index contributed by atoms with van der Waals surface area (Å²) in [4.78, 5) is 15.7. The third-order valence-corrected chi connectivity index (χ3v) is 6.95. The highest BCUT2D eigenvalue weighted by Crippen LogP contribution is 2.61. The molecule has 3 aliphatic carbocycles. The maximum atomic E-state index is 10.7. The highest BCUT2D eigenvalue weighted by Gasteiger charge is 2.58. The van der Waals surface area contributed by atoms with Crippen molar-refractivity contribution in [2.45, 2.75) is 50.7 Å². The van der Waals surface area contributed by atoms with E-state index in [0.717, 1.165) is 24.0 Å². The number of benzene rings is 1. The van der Waals surface area contributed by atoms with E-state index in [1.165, 1.54) is 0 Å². The molecule has 1 aromatic carbocycles. The minimum atomic E-state index is -1.10. The van der Waals surface area contributed by atoms with Crippen LogP contribution in [-0.4, -0.2) is 50.9 Å². The maximum absolute atomic E-state index is 10.7. The summed E-state index contributed by atoms with van der Waals surface area (Å²) in [5.74, 6) is -0.385. The van der Waals surface area contributed by atoms with Crippen molar-refractivity contribution in [1.29, 1.82) is 0 Å². The number of oxime groups is 1. The molecule has 0 aliphatic heterocycles. The second-order valence-electron chi connectivity index (χ2n) is 8.35. The van der Waals surface area contributed by atoms with Gasteiger partial charge in [0, 0.05) is 5.56 Å². The average Bonchev–Trinajstić information content (AvgIpc) is 2.85. The van der Waals surface area contributed by atoms with E-state index in [-0.39, 0.29) is 28.9 Å². The molecule has 0 saturated heterocycles. The van der Waals surface area contributed by atoms with E-state index in [4.69, 9.17) is 9.94 Å².